The summed E-state index contributed by atoms with van der Waals surface area (Å²) in [6, 6.07) is 14.2. The third-order valence-electron chi connectivity index (χ3n) is 6.44. The third-order valence-corrected chi connectivity index (χ3v) is 6.44. The molecule has 5 rings (SSSR count). The van der Waals surface area contributed by atoms with Crippen LogP contribution in [0, 0.1) is 6.92 Å². The van der Waals surface area contributed by atoms with E-state index in [1.165, 1.54) is 16.8 Å². The van der Waals surface area contributed by atoms with Gasteiger partial charge < -0.3 is 4.90 Å². The van der Waals surface area contributed by atoms with Crippen LogP contribution in [0.1, 0.15) is 41.0 Å². The highest BCUT2D eigenvalue weighted by Crippen LogP contribution is 2.31. The van der Waals surface area contributed by atoms with Crippen LogP contribution in [0.25, 0.3) is 22.2 Å². The van der Waals surface area contributed by atoms with E-state index in [2.05, 4.69) is 10.2 Å². The maximum absolute atomic E-state index is 13.0. The second-order valence-electron chi connectivity index (χ2n) is 8.90. The van der Waals surface area contributed by atoms with Crippen molar-refractivity contribution in [2.45, 2.75) is 45.5 Å². The fourth-order valence-electron chi connectivity index (χ4n) is 4.54. The zero-order valence-electron chi connectivity index (χ0n) is 19.6. The van der Waals surface area contributed by atoms with Crippen LogP contribution in [0.4, 0.5) is 13.2 Å². The number of fused-ring (bicyclic) bond motifs is 2. The molecule has 0 unspecified atom stereocenters. The molecule has 0 saturated heterocycles. The molecule has 10 heteroatoms. The Balaban J connectivity index is 1.26. The summed E-state index contributed by atoms with van der Waals surface area (Å²) in [5.41, 5.74) is 2.71. The van der Waals surface area contributed by atoms with E-state index < -0.39 is 11.7 Å². The van der Waals surface area contributed by atoms with Crippen LogP contribution in [0.2, 0.25) is 0 Å². The van der Waals surface area contributed by atoms with E-state index in [9.17, 15) is 22.8 Å². The first-order chi connectivity index (χ1) is 17.2. The predicted molar refractivity (Wildman–Crippen MR) is 127 cm³/mol. The quantitative estimate of drug-likeness (QED) is 0.396. The standard InChI is InChI=1S/C26H24F3N5O2/c1-17-21-5-2-3-6-23(21)34(30-17)25(36)12-11-24(35)32-13-4-14-33-20(16-32)15-22(31-33)18-7-9-19(10-8-18)26(27,28)29/h2-3,5-10,15H,4,11-14,16H2,1H3. The van der Waals surface area contributed by atoms with E-state index in [1.54, 1.807) is 15.6 Å². The van der Waals surface area contributed by atoms with Crippen LogP contribution in [0.3, 0.4) is 0 Å². The second kappa shape index (κ2) is 9.25. The number of aromatic nitrogens is 4. The Labute approximate surface area is 205 Å². The summed E-state index contributed by atoms with van der Waals surface area (Å²) in [4.78, 5) is 27.5. The number of aryl methyl sites for hydroxylation is 2. The number of carbonyl (C=O) groups is 2. The highest BCUT2D eigenvalue weighted by molar-refractivity contribution is 5.93. The van der Waals surface area contributed by atoms with Gasteiger partial charge in [-0.1, -0.05) is 30.3 Å². The number of nitrogens with zero attached hydrogens (tertiary/aromatic N) is 5. The normalized spacial score (nSPS) is 14.1. The Bertz CT molecular complexity index is 1440. The summed E-state index contributed by atoms with van der Waals surface area (Å²) >= 11 is 0. The molecule has 1 aliphatic heterocycles. The van der Waals surface area contributed by atoms with Crippen molar-refractivity contribution in [2.75, 3.05) is 6.54 Å². The van der Waals surface area contributed by atoms with Gasteiger partial charge in [0.1, 0.15) is 0 Å². The van der Waals surface area contributed by atoms with Gasteiger partial charge in [-0.15, -0.1) is 0 Å². The highest BCUT2D eigenvalue weighted by Gasteiger charge is 2.30. The van der Waals surface area contributed by atoms with Gasteiger partial charge in [-0.25, -0.2) is 0 Å². The molecule has 0 N–H and O–H groups in total. The van der Waals surface area contributed by atoms with Gasteiger partial charge in [0.25, 0.3) is 0 Å². The summed E-state index contributed by atoms with van der Waals surface area (Å²) in [6.45, 7) is 3.30. The number of benzene rings is 2. The minimum atomic E-state index is -4.39. The summed E-state index contributed by atoms with van der Waals surface area (Å²) in [7, 11) is 0. The van der Waals surface area contributed by atoms with Crippen molar-refractivity contribution in [1.29, 1.82) is 0 Å². The smallest absolute Gasteiger partial charge is 0.337 e. The lowest BCUT2D eigenvalue weighted by atomic mass is 10.1. The first kappa shape index (κ1) is 23.8. The molecule has 0 fully saturated rings. The van der Waals surface area contributed by atoms with Crippen molar-refractivity contribution < 1.29 is 22.8 Å². The molecule has 2 aromatic heterocycles. The molecular formula is C26H24F3N5O2. The van der Waals surface area contributed by atoms with E-state index in [0.717, 1.165) is 34.4 Å². The van der Waals surface area contributed by atoms with Crippen LogP contribution in [0.5, 0.6) is 0 Å². The maximum atomic E-state index is 13.0. The van der Waals surface area contributed by atoms with Gasteiger partial charge in [0.15, 0.2) is 0 Å². The van der Waals surface area contributed by atoms with E-state index in [0.29, 0.717) is 37.3 Å². The van der Waals surface area contributed by atoms with Crippen molar-refractivity contribution in [1.82, 2.24) is 24.5 Å². The highest BCUT2D eigenvalue weighted by atomic mass is 19.4. The number of alkyl halides is 3. The fraction of sp³-hybridized carbons (Fsp3) is 0.308. The first-order valence-electron chi connectivity index (χ1n) is 11.7. The molecule has 7 nitrogen and oxygen atoms in total. The number of amides is 1. The van der Waals surface area contributed by atoms with E-state index in [4.69, 9.17) is 0 Å². The van der Waals surface area contributed by atoms with Crippen LogP contribution in [0.15, 0.2) is 54.6 Å². The lowest BCUT2D eigenvalue weighted by molar-refractivity contribution is -0.137. The van der Waals surface area contributed by atoms with Crippen LogP contribution >= 0.6 is 0 Å². The van der Waals surface area contributed by atoms with E-state index in [1.807, 2.05) is 31.2 Å². The number of hydrogen-bond acceptors (Lipinski definition) is 4. The van der Waals surface area contributed by atoms with E-state index in [-0.39, 0.29) is 24.7 Å². The number of halogens is 3. The van der Waals surface area contributed by atoms with Crippen LogP contribution in [-0.4, -0.2) is 42.8 Å². The van der Waals surface area contributed by atoms with Crippen molar-refractivity contribution in [3.05, 3.63) is 71.5 Å². The molecule has 0 radical (unpaired) electrons. The molecule has 0 saturated carbocycles. The van der Waals surface area contributed by atoms with Crippen molar-refractivity contribution in [3.8, 4) is 11.3 Å². The predicted octanol–water partition coefficient (Wildman–Crippen LogP) is 5.08. The zero-order valence-corrected chi connectivity index (χ0v) is 19.6. The molecule has 2 aromatic carbocycles. The van der Waals surface area contributed by atoms with Gasteiger partial charge in [0, 0.05) is 36.9 Å². The third kappa shape index (κ3) is 4.62. The van der Waals surface area contributed by atoms with E-state index >= 15 is 0 Å². The largest absolute Gasteiger partial charge is 0.416 e. The molecule has 3 heterocycles. The molecule has 0 bridgehead atoms. The maximum Gasteiger partial charge on any atom is 0.416 e. The second-order valence-corrected chi connectivity index (χ2v) is 8.90. The summed E-state index contributed by atoms with van der Waals surface area (Å²) < 4.78 is 41.8. The van der Waals surface area contributed by atoms with Gasteiger partial charge in [0.2, 0.25) is 11.8 Å². The monoisotopic (exact) mass is 495 g/mol. The topological polar surface area (TPSA) is 73.0 Å². The zero-order chi connectivity index (χ0) is 25.4. The Morgan fingerprint density at radius 1 is 0.944 bits per heavy atom. The van der Waals surface area contributed by atoms with Crippen LogP contribution in [-0.2, 0) is 24.1 Å². The number of para-hydroxylation sites is 1. The number of rotatable bonds is 4. The van der Waals surface area contributed by atoms with Gasteiger partial charge in [-0.2, -0.15) is 28.1 Å². The molecule has 1 amide bonds. The van der Waals surface area contributed by atoms with Gasteiger partial charge in [-0.05, 0) is 37.6 Å². The molecule has 4 aromatic rings. The Hall–Kier alpha value is -3.95. The summed E-state index contributed by atoms with van der Waals surface area (Å²) in [6.07, 6.45) is -3.61. The van der Waals surface area contributed by atoms with Crippen molar-refractivity contribution in [2.24, 2.45) is 0 Å². The van der Waals surface area contributed by atoms with Crippen molar-refractivity contribution >= 4 is 22.7 Å². The number of carbonyl (C=O) groups excluding carboxylic acids is 2. The first-order valence-corrected chi connectivity index (χ1v) is 11.7. The van der Waals surface area contributed by atoms with Crippen molar-refractivity contribution in [3.63, 3.8) is 0 Å². The van der Waals surface area contributed by atoms with Crippen LogP contribution < -0.4 is 0 Å². The molecule has 186 valence electrons. The van der Waals surface area contributed by atoms with Gasteiger partial charge in [-0.3, -0.25) is 14.3 Å². The molecule has 0 aliphatic carbocycles. The lowest BCUT2D eigenvalue weighted by Gasteiger charge is -2.19. The Morgan fingerprint density at radius 3 is 2.42 bits per heavy atom. The van der Waals surface area contributed by atoms with Gasteiger partial charge in [0.05, 0.1) is 34.7 Å². The molecular weight excluding hydrogens is 471 g/mol. The average molecular weight is 496 g/mol. The molecule has 1 aliphatic rings. The SMILES string of the molecule is Cc1nn(C(=O)CCC(=O)N2CCCn3nc(-c4ccc(C(F)(F)F)cc4)cc3C2)c2ccccc12. The van der Waals surface area contributed by atoms with Gasteiger partial charge >= 0.3 is 6.18 Å². The fourth-order valence-corrected chi connectivity index (χ4v) is 4.54. The minimum Gasteiger partial charge on any atom is -0.337 e. The summed E-state index contributed by atoms with van der Waals surface area (Å²) in [5, 5.41) is 9.79. The Kier molecular flexibility index (Phi) is 6.11. The molecule has 0 spiro atoms. The minimum absolute atomic E-state index is 0.0382. The Morgan fingerprint density at radius 2 is 1.67 bits per heavy atom. The molecule has 0 atom stereocenters. The molecule has 36 heavy (non-hydrogen) atoms. The average Bonchev–Trinajstić information content (AvgIpc) is 3.35. The lowest BCUT2D eigenvalue weighted by Crippen LogP contribution is -2.31. The summed E-state index contributed by atoms with van der Waals surface area (Å²) in [5.74, 6) is -0.376. The number of hydrogen-bond donors (Lipinski definition) is 0.